The molecule has 1 aromatic heterocycles. The summed E-state index contributed by atoms with van der Waals surface area (Å²) in [7, 11) is 1.27. The molecule has 5 heteroatoms. The molecule has 3 N–H and O–H groups in total. The van der Waals surface area contributed by atoms with Gasteiger partial charge in [-0.2, -0.15) is 4.89 Å². The first-order valence-corrected chi connectivity index (χ1v) is 5.27. The summed E-state index contributed by atoms with van der Waals surface area (Å²) in [5, 5.41) is 1.06. The first kappa shape index (κ1) is 11.6. The standard InChI is InChI=1S/C12H14N2O3/c1-16-17-12(15)10(13)6-8-7-14-11-5-3-2-4-9(8)11/h2-5,7,10,14H,6,13H2,1H3. The molecule has 1 heterocycles. The number of aromatic nitrogens is 1. The van der Waals surface area contributed by atoms with Gasteiger partial charge in [0.1, 0.15) is 6.04 Å². The molecule has 1 atom stereocenters. The fourth-order valence-corrected chi connectivity index (χ4v) is 1.76. The van der Waals surface area contributed by atoms with E-state index in [1.807, 2.05) is 30.5 Å². The fourth-order valence-electron chi connectivity index (χ4n) is 1.76. The smallest absolute Gasteiger partial charge is 0.359 e. The average Bonchev–Trinajstić information content (AvgIpc) is 2.73. The van der Waals surface area contributed by atoms with Gasteiger partial charge in [-0.25, -0.2) is 4.79 Å². The molecule has 0 aliphatic carbocycles. The van der Waals surface area contributed by atoms with Crippen molar-refractivity contribution in [1.82, 2.24) is 4.98 Å². The minimum atomic E-state index is -0.728. The number of carbonyl (C=O) groups excluding carboxylic acids is 1. The van der Waals surface area contributed by atoms with Gasteiger partial charge >= 0.3 is 5.97 Å². The van der Waals surface area contributed by atoms with E-state index in [-0.39, 0.29) is 0 Å². The number of H-pyrrole nitrogens is 1. The summed E-state index contributed by atoms with van der Waals surface area (Å²) in [5.41, 5.74) is 7.73. The van der Waals surface area contributed by atoms with Gasteiger partial charge in [-0.05, 0) is 11.6 Å². The summed E-state index contributed by atoms with van der Waals surface area (Å²) >= 11 is 0. The van der Waals surface area contributed by atoms with E-state index in [0.29, 0.717) is 6.42 Å². The lowest BCUT2D eigenvalue weighted by Gasteiger charge is -2.08. The van der Waals surface area contributed by atoms with Crippen molar-refractivity contribution in [2.75, 3.05) is 7.11 Å². The second-order valence-electron chi connectivity index (χ2n) is 3.74. The number of para-hydroxylation sites is 1. The Morgan fingerprint density at radius 2 is 2.24 bits per heavy atom. The van der Waals surface area contributed by atoms with Gasteiger partial charge in [0.15, 0.2) is 0 Å². The summed E-state index contributed by atoms with van der Waals surface area (Å²) in [6.07, 6.45) is 2.26. The molecule has 0 spiro atoms. The van der Waals surface area contributed by atoms with E-state index in [1.54, 1.807) is 0 Å². The van der Waals surface area contributed by atoms with E-state index < -0.39 is 12.0 Å². The summed E-state index contributed by atoms with van der Waals surface area (Å²) in [4.78, 5) is 23.1. The number of carbonyl (C=O) groups is 1. The third kappa shape index (κ3) is 2.46. The SMILES string of the molecule is COOC(=O)C(N)Cc1c[nH]c2ccccc12. The van der Waals surface area contributed by atoms with Crippen molar-refractivity contribution >= 4 is 16.9 Å². The zero-order valence-electron chi connectivity index (χ0n) is 9.47. The van der Waals surface area contributed by atoms with Crippen LogP contribution in [0.2, 0.25) is 0 Å². The fraction of sp³-hybridized carbons (Fsp3) is 0.250. The predicted octanol–water partition coefficient (Wildman–Crippen LogP) is 1.14. The van der Waals surface area contributed by atoms with Crippen molar-refractivity contribution in [3.8, 4) is 0 Å². The van der Waals surface area contributed by atoms with Crippen molar-refractivity contribution in [2.45, 2.75) is 12.5 Å². The van der Waals surface area contributed by atoms with Gasteiger partial charge < -0.3 is 10.7 Å². The Bertz CT molecular complexity index is 521. The van der Waals surface area contributed by atoms with Gasteiger partial charge in [0.25, 0.3) is 0 Å². The molecule has 2 rings (SSSR count). The molecular weight excluding hydrogens is 220 g/mol. The van der Waals surface area contributed by atoms with E-state index in [9.17, 15) is 4.79 Å². The van der Waals surface area contributed by atoms with E-state index in [2.05, 4.69) is 14.8 Å². The maximum Gasteiger partial charge on any atom is 0.359 e. The Balaban J connectivity index is 2.16. The summed E-state index contributed by atoms with van der Waals surface area (Å²) in [5.74, 6) is -0.571. The maximum atomic E-state index is 11.3. The molecule has 0 bridgehead atoms. The second-order valence-corrected chi connectivity index (χ2v) is 3.74. The number of hydrogen-bond donors (Lipinski definition) is 2. The predicted molar refractivity (Wildman–Crippen MR) is 63.1 cm³/mol. The Morgan fingerprint density at radius 3 is 3.00 bits per heavy atom. The van der Waals surface area contributed by atoms with Crippen LogP contribution < -0.4 is 5.73 Å². The van der Waals surface area contributed by atoms with Crippen LogP contribution in [0.3, 0.4) is 0 Å². The van der Waals surface area contributed by atoms with Crippen LogP contribution in [0.25, 0.3) is 10.9 Å². The lowest BCUT2D eigenvalue weighted by Crippen LogP contribution is -2.34. The van der Waals surface area contributed by atoms with Crippen molar-refractivity contribution in [1.29, 1.82) is 0 Å². The quantitative estimate of drug-likeness (QED) is 0.614. The topological polar surface area (TPSA) is 77.3 Å². The van der Waals surface area contributed by atoms with E-state index in [1.165, 1.54) is 7.11 Å². The second kappa shape index (κ2) is 4.99. The van der Waals surface area contributed by atoms with Crippen molar-refractivity contribution in [3.63, 3.8) is 0 Å². The van der Waals surface area contributed by atoms with Crippen LogP contribution >= 0.6 is 0 Å². The van der Waals surface area contributed by atoms with Crippen LogP contribution in [0.1, 0.15) is 5.56 Å². The molecule has 0 amide bonds. The molecule has 1 unspecified atom stereocenters. The average molecular weight is 234 g/mol. The molecule has 0 aliphatic heterocycles. The molecule has 5 nitrogen and oxygen atoms in total. The van der Waals surface area contributed by atoms with E-state index >= 15 is 0 Å². The highest BCUT2D eigenvalue weighted by Crippen LogP contribution is 2.18. The lowest BCUT2D eigenvalue weighted by atomic mass is 10.1. The van der Waals surface area contributed by atoms with Gasteiger partial charge in [0.05, 0.1) is 7.11 Å². The molecule has 0 saturated heterocycles. The van der Waals surface area contributed by atoms with Crippen LogP contribution in [-0.4, -0.2) is 24.1 Å². The minimum Gasteiger partial charge on any atom is -0.361 e. The Labute approximate surface area is 98.4 Å². The first-order valence-electron chi connectivity index (χ1n) is 5.27. The number of rotatable bonds is 4. The molecule has 0 saturated carbocycles. The lowest BCUT2D eigenvalue weighted by molar-refractivity contribution is -0.256. The summed E-state index contributed by atoms with van der Waals surface area (Å²) < 4.78 is 0. The maximum absolute atomic E-state index is 11.3. The molecule has 17 heavy (non-hydrogen) atoms. The summed E-state index contributed by atoms with van der Waals surface area (Å²) in [6, 6.07) is 7.11. The third-order valence-electron chi connectivity index (χ3n) is 2.58. The van der Waals surface area contributed by atoms with Crippen LogP contribution in [0.4, 0.5) is 0 Å². The van der Waals surface area contributed by atoms with Gasteiger partial charge in [-0.3, -0.25) is 4.89 Å². The van der Waals surface area contributed by atoms with Crippen LogP contribution in [0, 0.1) is 0 Å². The number of nitrogens with two attached hydrogens (primary N) is 1. The van der Waals surface area contributed by atoms with E-state index in [4.69, 9.17) is 5.73 Å². The molecular formula is C12H14N2O3. The van der Waals surface area contributed by atoms with Gasteiger partial charge in [0.2, 0.25) is 0 Å². The molecule has 0 aliphatic rings. The highest BCUT2D eigenvalue weighted by atomic mass is 17.2. The molecule has 90 valence electrons. The van der Waals surface area contributed by atoms with Crippen LogP contribution in [-0.2, 0) is 21.0 Å². The van der Waals surface area contributed by atoms with Crippen molar-refractivity contribution < 1.29 is 14.6 Å². The summed E-state index contributed by atoms with van der Waals surface area (Å²) in [6.45, 7) is 0. The van der Waals surface area contributed by atoms with Crippen LogP contribution in [0.5, 0.6) is 0 Å². The Hall–Kier alpha value is -1.85. The number of nitrogens with one attached hydrogen (secondary N) is 1. The zero-order chi connectivity index (χ0) is 12.3. The normalized spacial score (nSPS) is 12.6. The number of aromatic amines is 1. The van der Waals surface area contributed by atoms with Gasteiger partial charge in [-0.1, -0.05) is 18.2 Å². The van der Waals surface area contributed by atoms with Crippen LogP contribution in [0.15, 0.2) is 30.5 Å². The Kier molecular flexibility index (Phi) is 3.41. The number of benzene rings is 1. The Morgan fingerprint density at radius 1 is 1.47 bits per heavy atom. The first-order chi connectivity index (χ1) is 8.22. The van der Waals surface area contributed by atoms with Crippen molar-refractivity contribution in [3.05, 3.63) is 36.0 Å². The molecule has 0 radical (unpaired) electrons. The third-order valence-corrected chi connectivity index (χ3v) is 2.58. The van der Waals surface area contributed by atoms with Gasteiger partial charge in [-0.15, -0.1) is 0 Å². The van der Waals surface area contributed by atoms with E-state index in [0.717, 1.165) is 16.5 Å². The molecule has 0 fully saturated rings. The number of fused-ring (bicyclic) bond motifs is 1. The molecule has 2 aromatic rings. The highest BCUT2D eigenvalue weighted by Gasteiger charge is 2.18. The largest absolute Gasteiger partial charge is 0.361 e. The minimum absolute atomic E-state index is 0.409. The van der Waals surface area contributed by atoms with Crippen molar-refractivity contribution in [2.24, 2.45) is 5.73 Å². The molecule has 1 aromatic carbocycles. The zero-order valence-corrected chi connectivity index (χ0v) is 9.47. The monoisotopic (exact) mass is 234 g/mol. The number of hydrogen-bond acceptors (Lipinski definition) is 4. The highest BCUT2D eigenvalue weighted by molar-refractivity contribution is 5.84. The van der Waals surface area contributed by atoms with Gasteiger partial charge in [0, 0.05) is 23.5 Å².